The van der Waals surface area contributed by atoms with Crippen LogP contribution in [0.25, 0.3) is 0 Å². The zero-order valence-corrected chi connectivity index (χ0v) is 25.2. The molecule has 0 saturated carbocycles. The van der Waals surface area contributed by atoms with Crippen LogP contribution in [0.15, 0.2) is 84.9 Å². The lowest BCUT2D eigenvalue weighted by Gasteiger charge is -2.36. The van der Waals surface area contributed by atoms with Crippen molar-refractivity contribution in [1.82, 2.24) is 4.90 Å². The molecule has 6 rings (SSSR count). The molecular weight excluding hydrogens is 556 g/mol. The van der Waals surface area contributed by atoms with E-state index < -0.39 is 35.6 Å². The second-order valence-corrected chi connectivity index (χ2v) is 11.9. The first-order valence-electron chi connectivity index (χ1n) is 15.6. The first kappa shape index (κ1) is 29.8. The minimum absolute atomic E-state index is 0.294. The first-order chi connectivity index (χ1) is 21.4. The number of aliphatic hydroxyl groups excluding tert-OH is 1. The Bertz CT molecular complexity index is 1480. The normalized spacial score (nSPS) is 25.9. The largest absolute Gasteiger partial charge is 0.394 e. The van der Waals surface area contributed by atoms with E-state index in [0.717, 1.165) is 24.3 Å². The highest BCUT2D eigenvalue weighted by molar-refractivity contribution is 6.05. The van der Waals surface area contributed by atoms with Gasteiger partial charge in [0.1, 0.15) is 11.6 Å². The summed E-state index contributed by atoms with van der Waals surface area (Å²) in [7, 11) is 0. The predicted octanol–water partition coefficient (Wildman–Crippen LogP) is 4.09. The number of rotatable bonds is 11. The molecule has 3 N–H and O–H groups in total. The molecule has 230 valence electrons. The van der Waals surface area contributed by atoms with Gasteiger partial charge in [0.15, 0.2) is 0 Å². The van der Waals surface area contributed by atoms with Crippen LogP contribution in [0.2, 0.25) is 0 Å². The van der Waals surface area contributed by atoms with Crippen LogP contribution in [0, 0.1) is 11.8 Å². The number of benzene rings is 3. The second kappa shape index (κ2) is 12.4. The quantitative estimate of drug-likeness (QED) is 0.308. The van der Waals surface area contributed by atoms with Crippen LogP contribution in [0.5, 0.6) is 0 Å². The van der Waals surface area contributed by atoms with Crippen LogP contribution in [-0.2, 0) is 25.5 Å². The third kappa shape index (κ3) is 5.24. The summed E-state index contributed by atoms with van der Waals surface area (Å²) in [6, 6.07) is 24.7. The highest BCUT2D eigenvalue weighted by atomic mass is 16.5. The van der Waals surface area contributed by atoms with Gasteiger partial charge in [-0.05, 0) is 75.1 Å². The average molecular weight is 597 g/mol. The maximum atomic E-state index is 14.5. The number of carbonyl (C=O) groups is 3. The van der Waals surface area contributed by atoms with Crippen molar-refractivity contribution in [1.29, 1.82) is 0 Å². The molecule has 0 radical (unpaired) electrons. The van der Waals surface area contributed by atoms with Crippen LogP contribution >= 0.6 is 0 Å². The van der Waals surface area contributed by atoms with Gasteiger partial charge in [0.2, 0.25) is 17.7 Å². The van der Waals surface area contributed by atoms with Crippen molar-refractivity contribution in [3.05, 3.63) is 90.5 Å². The molecule has 3 fully saturated rings. The third-order valence-electron chi connectivity index (χ3n) is 9.51. The van der Waals surface area contributed by atoms with Crippen LogP contribution in [0.4, 0.5) is 17.1 Å². The number of fused-ring (bicyclic) bond motifs is 1. The highest BCUT2D eigenvalue weighted by Gasteiger charge is 2.75. The molecule has 1 spiro atoms. The van der Waals surface area contributed by atoms with Gasteiger partial charge in [0.25, 0.3) is 0 Å². The molecule has 44 heavy (non-hydrogen) atoms. The summed E-state index contributed by atoms with van der Waals surface area (Å²) < 4.78 is 6.58. The standard InChI is InChI=1S/C35H40N4O5/c1-3-38(4-2)26-17-15-25(16-18-26)37-33(42)31-35-20-19-28(44-35)29(32(41)36-24-13-9-6-10-14-24)30(35)34(43)39(31)27(22-40)21-23-11-7-5-8-12-23/h5-18,27-31,40H,3-4,19-22H2,1-2H3,(H,36,41)(H,37,42)/t27-,28-,29+,30+,31?,35?/m1/s1. The monoisotopic (exact) mass is 596 g/mol. The summed E-state index contributed by atoms with van der Waals surface area (Å²) in [5, 5.41) is 16.6. The van der Waals surface area contributed by atoms with Gasteiger partial charge in [-0.15, -0.1) is 0 Å². The minimum Gasteiger partial charge on any atom is -0.394 e. The van der Waals surface area contributed by atoms with E-state index in [0.29, 0.717) is 30.6 Å². The van der Waals surface area contributed by atoms with Crippen molar-refractivity contribution in [3.8, 4) is 0 Å². The van der Waals surface area contributed by atoms with E-state index in [1.807, 2.05) is 72.8 Å². The first-order valence-corrected chi connectivity index (χ1v) is 15.6. The predicted molar refractivity (Wildman–Crippen MR) is 169 cm³/mol. The van der Waals surface area contributed by atoms with Gasteiger partial charge in [-0.25, -0.2) is 0 Å². The minimum atomic E-state index is -1.17. The summed E-state index contributed by atoms with van der Waals surface area (Å²) in [5.41, 5.74) is 2.06. The molecule has 3 amide bonds. The Morgan fingerprint density at radius 2 is 1.55 bits per heavy atom. The molecule has 6 atom stereocenters. The SMILES string of the molecule is CCN(CC)c1ccc(NC(=O)C2N([C@@H](CO)Cc3ccccc3)C(=O)[C@@H]3[C@@H](C(=O)Nc4ccccc4)[C@H]4CCC23O4)cc1. The van der Waals surface area contributed by atoms with E-state index in [1.165, 1.54) is 4.90 Å². The van der Waals surface area contributed by atoms with Gasteiger partial charge in [-0.3, -0.25) is 14.4 Å². The average Bonchev–Trinajstić information content (AvgIpc) is 3.69. The number of ether oxygens (including phenoxy) is 1. The molecule has 3 heterocycles. The Morgan fingerprint density at radius 3 is 2.18 bits per heavy atom. The summed E-state index contributed by atoms with van der Waals surface area (Å²) in [4.78, 5) is 46.2. The Labute approximate surface area is 258 Å². The molecule has 3 aromatic rings. The molecule has 0 aromatic heterocycles. The van der Waals surface area contributed by atoms with Crippen molar-refractivity contribution in [2.24, 2.45) is 11.8 Å². The second-order valence-electron chi connectivity index (χ2n) is 11.9. The number of aliphatic hydroxyl groups is 1. The molecule has 3 saturated heterocycles. The van der Waals surface area contributed by atoms with E-state index in [-0.39, 0.29) is 24.3 Å². The van der Waals surface area contributed by atoms with Gasteiger partial charge in [-0.2, -0.15) is 0 Å². The maximum Gasteiger partial charge on any atom is 0.250 e. The van der Waals surface area contributed by atoms with E-state index in [4.69, 9.17) is 4.74 Å². The van der Waals surface area contributed by atoms with E-state index >= 15 is 0 Å². The number of likely N-dealkylation sites (tertiary alicyclic amines) is 1. The van der Waals surface area contributed by atoms with Gasteiger partial charge >= 0.3 is 0 Å². The van der Waals surface area contributed by atoms with Crippen molar-refractivity contribution in [2.45, 2.75) is 56.9 Å². The lowest BCUT2D eigenvalue weighted by Crippen LogP contribution is -2.56. The fourth-order valence-corrected chi connectivity index (χ4v) is 7.52. The van der Waals surface area contributed by atoms with E-state index in [9.17, 15) is 19.5 Å². The van der Waals surface area contributed by atoms with Crippen molar-refractivity contribution in [3.63, 3.8) is 0 Å². The molecule has 0 aliphatic carbocycles. The lowest BCUT2D eigenvalue weighted by atomic mass is 9.70. The molecule has 2 bridgehead atoms. The fraction of sp³-hybridized carbons (Fsp3) is 0.400. The lowest BCUT2D eigenvalue weighted by molar-refractivity contribution is -0.143. The number of amides is 3. The Hall–Kier alpha value is -4.21. The van der Waals surface area contributed by atoms with Crippen LogP contribution in [-0.4, -0.2) is 71.2 Å². The zero-order chi connectivity index (χ0) is 30.8. The third-order valence-corrected chi connectivity index (χ3v) is 9.51. The Balaban J connectivity index is 1.33. The fourth-order valence-electron chi connectivity index (χ4n) is 7.52. The molecule has 3 aliphatic heterocycles. The molecule has 3 aliphatic rings. The van der Waals surface area contributed by atoms with E-state index in [1.54, 1.807) is 12.1 Å². The smallest absolute Gasteiger partial charge is 0.250 e. The highest BCUT2D eigenvalue weighted by Crippen LogP contribution is 2.59. The van der Waals surface area contributed by atoms with Crippen LogP contribution in [0.3, 0.4) is 0 Å². The maximum absolute atomic E-state index is 14.5. The van der Waals surface area contributed by atoms with Gasteiger partial charge < -0.3 is 30.3 Å². The summed E-state index contributed by atoms with van der Waals surface area (Å²) >= 11 is 0. The topological polar surface area (TPSA) is 111 Å². The molecule has 9 heteroatoms. The Morgan fingerprint density at radius 1 is 0.932 bits per heavy atom. The number of nitrogens with zero attached hydrogens (tertiary/aromatic N) is 2. The number of hydrogen-bond donors (Lipinski definition) is 3. The van der Waals surface area contributed by atoms with Gasteiger partial charge in [0, 0.05) is 30.2 Å². The summed E-state index contributed by atoms with van der Waals surface area (Å²) in [6.07, 6.45) is 0.927. The van der Waals surface area contributed by atoms with Crippen molar-refractivity contribution < 1.29 is 24.2 Å². The zero-order valence-electron chi connectivity index (χ0n) is 25.2. The van der Waals surface area contributed by atoms with Crippen molar-refractivity contribution in [2.75, 3.05) is 35.2 Å². The molecular formula is C35H40N4O5. The number of carbonyl (C=O) groups excluding carboxylic acids is 3. The number of para-hydroxylation sites is 1. The van der Waals surface area contributed by atoms with Crippen molar-refractivity contribution >= 4 is 34.8 Å². The van der Waals surface area contributed by atoms with Crippen LogP contribution in [0.1, 0.15) is 32.3 Å². The molecule has 9 nitrogen and oxygen atoms in total. The molecule has 3 aromatic carbocycles. The summed E-state index contributed by atoms with van der Waals surface area (Å²) in [6.45, 7) is 5.59. The number of anilines is 3. The molecule has 2 unspecified atom stereocenters. The van der Waals surface area contributed by atoms with E-state index in [2.05, 4.69) is 29.4 Å². The van der Waals surface area contributed by atoms with Gasteiger partial charge in [0.05, 0.1) is 30.6 Å². The Kier molecular flexibility index (Phi) is 8.42. The number of nitrogens with one attached hydrogen (secondary N) is 2. The van der Waals surface area contributed by atoms with Gasteiger partial charge in [-0.1, -0.05) is 48.5 Å². The summed E-state index contributed by atoms with van der Waals surface area (Å²) in [5.74, 6) is -2.59. The van der Waals surface area contributed by atoms with Crippen LogP contribution < -0.4 is 15.5 Å². The number of hydrogen-bond acceptors (Lipinski definition) is 6.